The molecule has 2 rings (SSSR count). The van der Waals surface area contributed by atoms with Crippen molar-refractivity contribution < 1.29 is 9.18 Å². The van der Waals surface area contributed by atoms with Gasteiger partial charge in [-0.25, -0.2) is 4.39 Å². The Morgan fingerprint density at radius 3 is 2.83 bits per heavy atom. The van der Waals surface area contributed by atoms with Gasteiger partial charge in [-0.15, -0.1) is 0 Å². The van der Waals surface area contributed by atoms with Crippen molar-refractivity contribution in [2.24, 2.45) is 0 Å². The second-order valence-corrected chi connectivity index (χ2v) is 5.09. The lowest BCUT2D eigenvalue weighted by molar-refractivity contribution is 0.102. The highest BCUT2D eigenvalue weighted by Crippen LogP contribution is 2.24. The fourth-order valence-electron chi connectivity index (χ4n) is 1.34. The number of hydrogen-bond acceptors (Lipinski definition) is 2. The van der Waals surface area contributed by atoms with E-state index in [9.17, 15) is 9.18 Å². The molecule has 0 bridgehead atoms. The van der Waals surface area contributed by atoms with E-state index in [0.717, 1.165) is 9.77 Å². The van der Waals surface area contributed by atoms with Gasteiger partial charge in [-0.1, -0.05) is 11.6 Å². The Hall–Kier alpha value is -1.21. The number of aromatic nitrogens is 1. The normalized spacial score (nSPS) is 10.2. The maximum atomic E-state index is 13.3. The smallest absolute Gasteiger partial charge is 0.258 e. The van der Waals surface area contributed by atoms with Gasteiger partial charge in [-0.3, -0.25) is 9.78 Å². The van der Waals surface area contributed by atoms with E-state index in [-0.39, 0.29) is 5.56 Å². The standard InChI is InChI=1S/C12H7ClFIN2O/c13-9-5-7(15)1-2-11(9)17-12(18)8-3-4-16-6-10(8)14/h1-6H,(H,17,18). The van der Waals surface area contributed by atoms with Crippen LogP contribution in [0.4, 0.5) is 10.1 Å². The lowest BCUT2D eigenvalue weighted by atomic mass is 10.2. The predicted octanol–water partition coefficient (Wildman–Crippen LogP) is 3.73. The molecule has 0 atom stereocenters. The highest BCUT2D eigenvalue weighted by molar-refractivity contribution is 14.1. The molecule has 0 radical (unpaired) electrons. The van der Waals surface area contributed by atoms with Gasteiger partial charge >= 0.3 is 0 Å². The molecule has 3 nitrogen and oxygen atoms in total. The topological polar surface area (TPSA) is 42.0 Å². The van der Waals surface area contributed by atoms with Crippen molar-refractivity contribution >= 4 is 45.8 Å². The molecule has 0 saturated heterocycles. The maximum Gasteiger partial charge on any atom is 0.258 e. The summed E-state index contributed by atoms with van der Waals surface area (Å²) in [4.78, 5) is 15.4. The number of pyridine rings is 1. The summed E-state index contributed by atoms with van der Waals surface area (Å²) in [6, 6.07) is 6.48. The van der Waals surface area contributed by atoms with Gasteiger partial charge in [0.25, 0.3) is 5.91 Å². The zero-order valence-electron chi connectivity index (χ0n) is 8.95. The number of amides is 1. The van der Waals surface area contributed by atoms with E-state index in [4.69, 9.17) is 11.6 Å². The van der Waals surface area contributed by atoms with Crippen LogP contribution in [-0.4, -0.2) is 10.9 Å². The van der Waals surface area contributed by atoms with E-state index < -0.39 is 11.7 Å². The third-order valence-corrected chi connectivity index (χ3v) is 3.18. The maximum absolute atomic E-state index is 13.3. The molecule has 92 valence electrons. The van der Waals surface area contributed by atoms with Crippen molar-refractivity contribution in [1.29, 1.82) is 0 Å². The van der Waals surface area contributed by atoms with Crippen LogP contribution in [0.1, 0.15) is 10.4 Å². The van der Waals surface area contributed by atoms with Crippen molar-refractivity contribution in [2.45, 2.75) is 0 Å². The van der Waals surface area contributed by atoms with E-state index in [1.54, 1.807) is 18.2 Å². The highest BCUT2D eigenvalue weighted by Gasteiger charge is 2.12. The minimum absolute atomic E-state index is 0.0698. The average molecular weight is 377 g/mol. The van der Waals surface area contributed by atoms with Gasteiger partial charge in [0.05, 0.1) is 22.5 Å². The molecule has 0 spiro atoms. The van der Waals surface area contributed by atoms with Crippen LogP contribution in [0, 0.1) is 9.39 Å². The molecule has 0 aliphatic heterocycles. The molecule has 18 heavy (non-hydrogen) atoms. The summed E-state index contributed by atoms with van der Waals surface area (Å²) in [7, 11) is 0. The number of nitrogens with one attached hydrogen (secondary N) is 1. The second kappa shape index (κ2) is 5.62. The van der Waals surface area contributed by atoms with E-state index in [0.29, 0.717) is 10.7 Å². The highest BCUT2D eigenvalue weighted by atomic mass is 127. The first kappa shape index (κ1) is 13.2. The van der Waals surface area contributed by atoms with Crippen LogP contribution in [0.2, 0.25) is 5.02 Å². The Morgan fingerprint density at radius 1 is 1.39 bits per heavy atom. The zero-order valence-corrected chi connectivity index (χ0v) is 11.9. The molecule has 1 aromatic heterocycles. The fourth-order valence-corrected chi connectivity index (χ4v) is 2.24. The summed E-state index contributed by atoms with van der Waals surface area (Å²) < 4.78 is 14.3. The van der Waals surface area contributed by atoms with Crippen LogP contribution in [0.25, 0.3) is 0 Å². The average Bonchev–Trinajstić information content (AvgIpc) is 2.33. The Labute approximate surface area is 122 Å². The Bertz CT molecular complexity index is 606. The quantitative estimate of drug-likeness (QED) is 0.812. The Balaban J connectivity index is 2.24. The number of hydrogen-bond donors (Lipinski definition) is 1. The van der Waals surface area contributed by atoms with E-state index >= 15 is 0 Å². The van der Waals surface area contributed by atoms with Crippen molar-refractivity contribution in [3.05, 3.63) is 56.6 Å². The van der Waals surface area contributed by atoms with Crippen LogP contribution in [0.3, 0.4) is 0 Å². The molecule has 2 aromatic rings. The van der Waals surface area contributed by atoms with Crippen molar-refractivity contribution in [1.82, 2.24) is 4.98 Å². The van der Waals surface area contributed by atoms with Gasteiger partial charge < -0.3 is 5.32 Å². The molecule has 1 amide bonds. The molecule has 1 aromatic carbocycles. The number of carbonyl (C=O) groups excluding carboxylic acids is 1. The summed E-state index contributed by atoms with van der Waals surface area (Å²) in [5.41, 5.74) is 0.373. The molecule has 0 aliphatic rings. The number of nitrogens with zero attached hydrogens (tertiary/aromatic N) is 1. The van der Waals surface area contributed by atoms with Gasteiger partial charge in [-0.05, 0) is 46.9 Å². The van der Waals surface area contributed by atoms with E-state index in [1.165, 1.54) is 12.3 Å². The largest absolute Gasteiger partial charge is 0.321 e. The third-order valence-electron chi connectivity index (χ3n) is 2.20. The van der Waals surface area contributed by atoms with E-state index in [2.05, 4.69) is 32.9 Å². The molecule has 0 unspecified atom stereocenters. The second-order valence-electron chi connectivity index (χ2n) is 3.43. The van der Waals surface area contributed by atoms with Crippen LogP contribution < -0.4 is 5.32 Å². The van der Waals surface area contributed by atoms with Gasteiger partial charge in [0.2, 0.25) is 0 Å². The summed E-state index contributed by atoms with van der Waals surface area (Å²) in [5, 5.41) is 2.96. The molecule has 0 aliphatic carbocycles. The summed E-state index contributed by atoms with van der Waals surface area (Å²) >= 11 is 8.08. The number of benzene rings is 1. The number of carbonyl (C=O) groups is 1. The SMILES string of the molecule is O=C(Nc1ccc(I)cc1Cl)c1ccncc1F. The minimum Gasteiger partial charge on any atom is -0.321 e. The first-order valence-corrected chi connectivity index (χ1v) is 6.39. The number of anilines is 1. The molecule has 1 N–H and O–H groups in total. The van der Waals surface area contributed by atoms with Crippen molar-refractivity contribution in [3.63, 3.8) is 0 Å². The van der Waals surface area contributed by atoms with Crippen LogP contribution >= 0.6 is 34.2 Å². The molecule has 6 heteroatoms. The van der Waals surface area contributed by atoms with Gasteiger partial charge in [-0.2, -0.15) is 0 Å². The summed E-state index contributed by atoms with van der Waals surface area (Å²) in [5.74, 6) is -1.23. The summed E-state index contributed by atoms with van der Waals surface area (Å²) in [6.07, 6.45) is 2.35. The molecular weight excluding hydrogens is 370 g/mol. The van der Waals surface area contributed by atoms with Crippen LogP contribution in [0.5, 0.6) is 0 Å². The van der Waals surface area contributed by atoms with Crippen molar-refractivity contribution in [3.8, 4) is 0 Å². The number of halogens is 3. The third kappa shape index (κ3) is 2.97. The first-order chi connectivity index (χ1) is 8.58. The minimum atomic E-state index is -0.670. The zero-order chi connectivity index (χ0) is 13.1. The van der Waals surface area contributed by atoms with E-state index in [1.807, 2.05) is 0 Å². The monoisotopic (exact) mass is 376 g/mol. The van der Waals surface area contributed by atoms with Gasteiger partial charge in [0.15, 0.2) is 5.82 Å². The Morgan fingerprint density at radius 2 is 2.17 bits per heavy atom. The molecular formula is C12H7ClFIN2O. The summed E-state index contributed by atoms with van der Waals surface area (Å²) in [6.45, 7) is 0. The van der Waals surface area contributed by atoms with Gasteiger partial charge in [0.1, 0.15) is 0 Å². The Kier molecular flexibility index (Phi) is 4.13. The molecule has 0 fully saturated rings. The lowest BCUT2D eigenvalue weighted by Gasteiger charge is -2.07. The lowest BCUT2D eigenvalue weighted by Crippen LogP contribution is -2.14. The molecule has 1 heterocycles. The fraction of sp³-hybridized carbons (Fsp3) is 0. The van der Waals surface area contributed by atoms with Gasteiger partial charge in [0, 0.05) is 9.77 Å². The number of rotatable bonds is 2. The molecule has 0 saturated carbocycles. The predicted molar refractivity (Wildman–Crippen MR) is 76.3 cm³/mol. The van der Waals surface area contributed by atoms with Crippen LogP contribution in [-0.2, 0) is 0 Å². The first-order valence-electron chi connectivity index (χ1n) is 4.94. The van der Waals surface area contributed by atoms with Crippen LogP contribution in [0.15, 0.2) is 36.7 Å². The van der Waals surface area contributed by atoms with Crippen molar-refractivity contribution in [2.75, 3.05) is 5.32 Å².